The van der Waals surface area contributed by atoms with Crippen LogP contribution in [-0.4, -0.2) is 20.7 Å². The number of fused-ring (bicyclic) bond motifs is 1. The Labute approximate surface area is 193 Å². The van der Waals surface area contributed by atoms with E-state index in [9.17, 15) is 13.6 Å². The molecule has 0 aliphatic carbocycles. The van der Waals surface area contributed by atoms with Crippen molar-refractivity contribution in [2.45, 2.75) is 6.11 Å². The summed E-state index contributed by atoms with van der Waals surface area (Å²) in [5.41, 5.74) is -0.486. The second-order valence-corrected chi connectivity index (χ2v) is 8.21. The van der Waals surface area contributed by atoms with Crippen LogP contribution < -0.4 is 4.74 Å². The minimum absolute atomic E-state index is 0.121. The summed E-state index contributed by atoms with van der Waals surface area (Å²) >= 11 is 29.8. The number of carbonyl (C=O) groups excluding carboxylic acids is 1. The summed E-state index contributed by atoms with van der Waals surface area (Å²) < 4.78 is 36.8. The van der Waals surface area contributed by atoms with Crippen molar-refractivity contribution in [1.82, 2.24) is 4.98 Å². The summed E-state index contributed by atoms with van der Waals surface area (Å²) in [6.45, 7) is 0. The highest BCUT2D eigenvalue weighted by Crippen LogP contribution is 2.48. The summed E-state index contributed by atoms with van der Waals surface area (Å²) in [4.78, 5) is 32.5. The van der Waals surface area contributed by atoms with Crippen molar-refractivity contribution in [3.8, 4) is 5.75 Å². The number of benzene rings is 2. The molecule has 14 heteroatoms. The molecule has 1 aromatic heterocycles. The van der Waals surface area contributed by atoms with Gasteiger partial charge in [-0.05, 0) is 24.3 Å². The first-order chi connectivity index (χ1) is 13.9. The van der Waals surface area contributed by atoms with E-state index in [0.29, 0.717) is 5.52 Å². The molecule has 0 atom stereocenters. The van der Waals surface area contributed by atoms with Gasteiger partial charge >= 0.3 is 20.7 Å². The van der Waals surface area contributed by atoms with Crippen molar-refractivity contribution < 1.29 is 32.6 Å². The van der Waals surface area contributed by atoms with Crippen molar-refractivity contribution in [1.29, 1.82) is 0 Å². The van der Waals surface area contributed by atoms with Crippen molar-refractivity contribution in [2.75, 3.05) is 0 Å². The number of esters is 1. The van der Waals surface area contributed by atoms with Gasteiger partial charge in [0, 0.05) is 10.9 Å². The van der Waals surface area contributed by atoms with Crippen LogP contribution in [0.1, 0.15) is 16.1 Å². The average Bonchev–Trinajstić information content (AvgIpc) is 3.10. The molecule has 30 heavy (non-hydrogen) atoms. The lowest BCUT2D eigenvalue weighted by Gasteiger charge is -2.16. The lowest BCUT2D eigenvalue weighted by molar-refractivity contribution is -0.189. The van der Waals surface area contributed by atoms with Gasteiger partial charge in [0.2, 0.25) is 0 Å². The maximum Gasteiger partial charge on any atom is 0.389 e. The smallest absolute Gasteiger partial charge is 0.389 e. The van der Waals surface area contributed by atoms with Crippen molar-refractivity contribution in [3.63, 3.8) is 0 Å². The number of alkyl halides is 2. The number of hydrogen-bond acceptors (Lipinski definition) is 5. The quantitative estimate of drug-likeness (QED) is 0.108. The van der Waals surface area contributed by atoms with Crippen LogP contribution in [0.4, 0.5) is 8.78 Å². The van der Waals surface area contributed by atoms with Crippen LogP contribution in [-0.2, 0) is 10.6 Å². The molecule has 6 nitrogen and oxygen atoms in total. The fraction of sp³-hybridized carbons (Fsp3) is 0.0625. The predicted octanol–water partition coefficient (Wildman–Crippen LogP) is 6.93. The van der Waals surface area contributed by atoms with E-state index in [4.69, 9.17) is 72.5 Å². The first-order valence-electron chi connectivity index (χ1n) is 7.54. The van der Waals surface area contributed by atoms with E-state index in [1.54, 1.807) is 0 Å². The van der Waals surface area contributed by atoms with Crippen molar-refractivity contribution in [2.24, 2.45) is 0 Å². The van der Waals surface area contributed by atoms with Crippen LogP contribution in [0.2, 0.25) is 25.1 Å². The van der Waals surface area contributed by atoms with E-state index in [0.717, 1.165) is 12.1 Å². The number of H-pyrrole nitrogens is 1. The molecule has 3 aromatic rings. The van der Waals surface area contributed by atoms with Crippen molar-refractivity contribution in [3.05, 3.63) is 60.6 Å². The highest BCUT2D eigenvalue weighted by molar-refractivity contribution is 7.39. The summed E-state index contributed by atoms with van der Waals surface area (Å²) in [5.74, 6) is -1.30. The Morgan fingerprint density at radius 3 is 2.10 bits per heavy atom. The van der Waals surface area contributed by atoms with Gasteiger partial charge in [0.1, 0.15) is 15.7 Å². The van der Waals surface area contributed by atoms with Gasteiger partial charge in [-0.2, -0.15) is 8.78 Å². The predicted molar refractivity (Wildman–Crippen MR) is 111 cm³/mol. The molecule has 0 aliphatic rings. The molecule has 0 spiro atoms. The molecule has 0 amide bonds. The number of ether oxygens (including phenoxy) is 1. The maximum atomic E-state index is 13.9. The first-order valence-corrected chi connectivity index (χ1v) is 10.6. The second kappa shape index (κ2) is 8.90. The van der Waals surface area contributed by atoms with Crippen LogP contribution in [0.3, 0.4) is 0 Å². The van der Waals surface area contributed by atoms with E-state index in [-0.39, 0.29) is 41.9 Å². The summed E-state index contributed by atoms with van der Waals surface area (Å²) in [6, 6.07) is 4.45. The number of rotatable bonds is 5. The van der Waals surface area contributed by atoms with E-state index in [2.05, 4.69) is 9.51 Å². The first kappa shape index (κ1) is 23.7. The van der Waals surface area contributed by atoms with Gasteiger partial charge in [0.05, 0.1) is 20.6 Å². The van der Waals surface area contributed by atoms with Crippen LogP contribution in [0.25, 0.3) is 10.9 Å². The lowest BCUT2D eigenvalue weighted by atomic mass is 10.1. The van der Waals surface area contributed by atoms with Crippen LogP contribution in [0.15, 0.2) is 24.3 Å². The zero-order chi connectivity index (χ0) is 22.4. The Bertz CT molecular complexity index is 1130. The fourth-order valence-electron chi connectivity index (χ4n) is 2.40. The Hall–Kier alpha value is -0.930. The zero-order valence-corrected chi connectivity index (χ0v) is 18.7. The molecule has 3 N–H and O–H groups in total. The molecule has 0 fully saturated rings. The molecule has 160 valence electrons. The summed E-state index contributed by atoms with van der Waals surface area (Å²) in [5, 5.41) is -0.775. The minimum atomic E-state index is -3.96. The zero-order valence-electron chi connectivity index (χ0n) is 14.0. The molecule has 0 unspecified atom stereocenters. The molecular weight excluding hydrogens is 532 g/mol. The molecule has 0 radical (unpaired) electrons. The van der Waals surface area contributed by atoms with Crippen LogP contribution in [0.5, 0.6) is 5.75 Å². The van der Waals surface area contributed by atoms with Gasteiger partial charge < -0.3 is 19.5 Å². The monoisotopic (exact) mass is 537 g/mol. The van der Waals surface area contributed by atoms with Crippen molar-refractivity contribution >= 4 is 83.5 Å². The Balaban J connectivity index is 1.94. The van der Waals surface area contributed by atoms with Gasteiger partial charge in [-0.3, -0.25) is 0 Å². The third-order valence-electron chi connectivity index (χ3n) is 3.74. The highest BCUT2D eigenvalue weighted by Gasteiger charge is 2.36. The van der Waals surface area contributed by atoms with E-state index >= 15 is 0 Å². The Morgan fingerprint density at radius 2 is 1.53 bits per heavy atom. The van der Waals surface area contributed by atoms with E-state index in [1.165, 1.54) is 12.1 Å². The normalized spacial score (nSPS) is 12.1. The number of aromatic amines is 1. The minimum Gasteiger partial charge on any atom is -0.419 e. The number of hydrogen-bond donors (Lipinski definition) is 3. The number of nitrogens with one attached hydrogen (secondary N) is 1. The number of aromatic nitrogens is 1. The molecule has 0 saturated heterocycles. The molecule has 0 bridgehead atoms. The molecular formula is C16H7Cl5F2NO5P. The number of carbonyl (C=O) groups is 1. The topological polar surface area (TPSA) is 91.8 Å². The molecule has 2 aromatic carbocycles. The fourth-order valence-corrected chi connectivity index (χ4v) is 3.91. The number of halogens is 7. The molecule has 0 saturated carbocycles. The standard InChI is InChI=1S/C16H7Cl5F2NO5P/c17-9-10(18)12(20)14(13(21)11(9)19)28-15(25)8-4-5-3-6(1-2-7(5)24-8)16(22,23)29-30(26)27/h1-4,24,26-27H. The van der Waals surface area contributed by atoms with Gasteiger partial charge in [-0.15, -0.1) is 0 Å². The third kappa shape index (κ3) is 4.63. The molecule has 3 rings (SSSR count). The van der Waals surface area contributed by atoms with Crippen LogP contribution in [0, 0.1) is 0 Å². The third-order valence-corrected chi connectivity index (χ3v) is 6.37. The van der Waals surface area contributed by atoms with Crippen LogP contribution >= 0.6 is 66.6 Å². The summed E-state index contributed by atoms with van der Waals surface area (Å²) in [6.07, 6.45) is -3.96. The average molecular weight is 539 g/mol. The molecule has 0 aliphatic heterocycles. The summed E-state index contributed by atoms with van der Waals surface area (Å²) in [7, 11) is -3.29. The Kier molecular flexibility index (Phi) is 7.04. The van der Waals surface area contributed by atoms with Gasteiger partial charge in [0.15, 0.2) is 5.75 Å². The van der Waals surface area contributed by atoms with E-state index in [1.807, 2.05) is 0 Å². The van der Waals surface area contributed by atoms with Gasteiger partial charge in [0.25, 0.3) is 0 Å². The lowest BCUT2D eigenvalue weighted by Crippen LogP contribution is -2.15. The SMILES string of the molecule is O=C(Oc1c(Cl)c(Cl)c(Cl)c(Cl)c1Cl)c1cc2cc(C(F)(F)OP(O)O)ccc2[nH]1. The second-order valence-electron chi connectivity index (χ2n) is 5.63. The molecule has 1 heterocycles. The van der Waals surface area contributed by atoms with Gasteiger partial charge in [-0.25, -0.2) is 9.32 Å². The highest BCUT2D eigenvalue weighted by atomic mass is 35.5. The maximum absolute atomic E-state index is 13.9. The Morgan fingerprint density at radius 1 is 0.967 bits per heavy atom. The van der Waals surface area contributed by atoms with Gasteiger partial charge in [-0.1, -0.05) is 58.0 Å². The van der Waals surface area contributed by atoms with E-state index < -0.39 is 26.2 Å². The largest absolute Gasteiger partial charge is 0.419 e.